The molecule has 0 radical (unpaired) electrons. The minimum atomic E-state index is -3.86. The van der Waals surface area contributed by atoms with Gasteiger partial charge in [-0.1, -0.05) is 19.1 Å². The summed E-state index contributed by atoms with van der Waals surface area (Å²) in [7, 11) is -3.86. The monoisotopic (exact) mass is 312 g/mol. The number of carboxylic acids is 1. The Kier molecular flexibility index (Phi) is 5.62. The number of likely N-dealkylation sites (N-methyl/N-ethyl adjacent to an activating group) is 1. The molecular formula is C13H16N2O5S. The third kappa shape index (κ3) is 4.69. The van der Waals surface area contributed by atoms with Crippen LogP contribution in [0.5, 0.6) is 0 Å². The van der Waals surface area contributed by atoms with Crippen LogP contribution in [-0.2, 0) is 19.6 Å². The molecule has 0 heterocycles. The number of benzene rings is 1. The van der Waals surface area contributed by atoms with Crippen LogP contribution in [0.15, 0.2) is 35.2 Å². The van der Waals surface area contributed by atoms with Gasteiger partial charge in [-0.05, 0) is 23.8 Å². The van der Waals surface area contributed by atoms with Crippen LogP contribution in [0.25, 0.3) is 6.08 Å². The first-order valence-corrected chi connectivity index (χ1v) is 7.51. The first-order chi connectivity index (χ1) is 9.77. The molecule has 0 saturated heterocycles. The number of carboxylic acid groups (broad SMARTS) is 1. The second-order valence-electron chi connectivity index (χ2n) is 4.14. The molecule has 1 amide bonds. The molecule has 7 nitrogen and oxygen atoms in total. The standard InChI is InChI=1S/C13H16N2O5S/c1-2-15(9-12(14)16)21(19,20)11-5-3-4-10(8-11)6-7-13(17)18/h3-8H,2,9H2,1H3,(H2,14,16)(H,17,18)/b7-6+. The topological polar surface area (TPSA) is 118 Å². The van der Waals surface area contributed by atoms with E-state index in [0.717, 1.165) is 10.4 Å². The minimum absolute atomic E-state index is 0.0295. The van der Waals surface area contributed by atoms with Crippen molar-refractivity contribution in [2.24, 2.45) is 5.73 Å². The smallest absolute Gasteiger partial charge is 0.328 e. The second-order valence-corrected chi connectivity index (χ2v) is 6.08. The van der Waals surface area contributed by atoms with E-state index in [2.05, 4.69) is 0 Å². The van der Waals surface area contributed by atoms with Gasteiger partial charge in [0, 0.05) is 12.6 Å². The molecule has 1 rings (SSSR count). The molecule has 1 aromatic carbocycles. The molecule has 0 aliphatic rings. The third-order valence-corrected chi connectivity index (χ3v) is 4.52. The molecule has 21 heavy (non-hydrogen) atoms. The number of nitrogens with two attached hydrogens (primary N) is 1. The van der Waals surface area contributed by atoms with E-state index in [-0.39, 0.29) is 11.4 Å². The summed E-state index contributed by atoms with van der Waals surface area (Å²) in [6, 6.07) is 5.77. The Hall–Kier alpha value is -2.19. The lowest BCUT2D eigenvalue weighted by atomic mass is 10.2. The zero-order valence-corrected chi connectivity index (χ0v) is 12.2. The Balaban J connectivity index is 3.16. The normalized spacial score (nSPS) is 11.9. The Labute approximate surface area is 122 Å². The van der Waals surface area contributed by atoms with Gasteiger partial charge in [0.05, 0.1) is 11.4 Å². The maximum atomic E-state index is 12.4. The van der Waals surface area contributed by atoms with Crippen LogP contribution in [0, 0.1) is 0 Å². The summed E-state index contributed by atoms with van der Waals surface area (Å²) in [5.74, 6) is -1.88. The summed E-state index contributed by atoms with van der Waals surface area (Å²) < 4.78 is 25.7. The van der Waals surface area contributed by atoms with E-state index in [1.165, 1.54) is 24.3 Å². The third-order valence-electron chi connectivity index (χ3n) is 2.60. The van der Waals surface area contributed by atoms with Crippen molar-refractivity contribution in [2.75, 3.05) is 13.1 Å². The Morgan fingerprint density at radius 1 is 1.38 bits per heavy atom. The minimum Gasteiger partial charge on any atom is -0.478 e. The van der Waals surface area contributed by atoms with Crippen LogP contribution >= 0.6 is 0 Å². The molecular weight excluding hydrogens is 296 g/mol. The van der Waals surface area contributed by atoms with Crippen molar-refractivity contribution in [2.45, 2.75) is 11.8 Å². The number of carbonyl (C=O) groups is 2. The zero-order valence-electron chi connectivity index (χ0n) is 11.4. The van der Waals surface area contributed by atoms with Crippen molar-refractivity contribution >= 4 is 28.0 Å². The molecule has 114 valence electrons. The number of rotatable bonds is 7. The number of hydrogen-bond donors (Lipinski definition) is 2. The van der Waals surface area contributed by atoms with Crippen LogP contribution in [0.2, 0.25) is 0 Å². The molecule has 0 fully saturated rings. The quantitative estimate of drug-likeness (QED) is 0.701. The van der Waals surface area contributed by atoms with Crippen LogP contribution in [0.4, 0.5) is 0 Å². The average molecular weight is 312 g/mol. The predicted octanol–water partition coefficient (Wildman–Crippen LogP) is 0.280. The summed E-state index contributed by atoms with van der Waals surface area (Å²) in [4.78, 5) is 21.4. The van der Waals surface area contributed by atoms with Gasteiger partial charge in [0.15, 0.2) is 0 Å². The van der Waals surface area contributed by atoms with Crippen LogP contribution in [0.1, 0.15) is 12.5 Å². The molecule has 0 atom stereocenters. The van der Waals surface area contributed by atoms with Gasteiger partial charge in [-0.25, -0.2) is 13.2 Å². The lowest BCUT2D eigenvalue weighted by Gasteiger charge is -2.18. The number of hydrogen-bond acceptors (Lipinski definition) is 4. The van der Waals surface area contributed by atoms with Crippen LogP contribution in [-0.4, -0.2) is 42.8 Å². The fourth-order valence-corrected chi connectivity index (χ4v) is 3.11. The van der Waals surface area contributed by atoms with Gasteiger partial charge < -0.3 is 10.8 Å². The van der Waals surface area contributed by atoms with Gasteiger partial charge in [0.25, 0.3) is 0 Å². The van der Waals surface area contributed by atoms with E-state index in [1.807, 2.05) is 0 Å². The van der Waals surface area contributed by atoms with Crippen molar-refractivity contribution in [1.29, 1.82) is 0 Å². The van der Waals surface area contributed by atoms with E-state index < -0.39 is 28.4 Å². The van der Waals surface area contributed by atoms with Crippen molar-refractivity contribution < 1.29 is 23.1 Å². The van der Waals surface area contributed by atoms with Crippen LogP contribution in [0.3, 0.4) is 0 Å². The molecule has 0 unspecified atom stereocenters. The summed E-state index contributed by atoms with van der Waals surface area (Å²) >= 11 is 0. The predicted molar refractivity (Wildman–Crippen MR) is 76.7 cm³/mol. The lowest BCUT2D eigenvalue weighted by Crippen LogP contribution is -2.38. The van der Waals surface area contributed by atoms with E-state index in [0.29, 0.717) is 5.56 Å². The van der Waals surface area contributed by atoms with Gasteiger partial charge in [0.2, 0.25) is 15.9 Å². The molecule has 0 saturated carbocycles. The van der Waals surface area contributed by atoms with Crippen LogP contribution < -0.4 is 5.73 Å². The SMILES string of the molecule is CCN(CC(N)=O)S(=O)(=O)c1cccc(/C=C/C(=O)O)c1. The molecule has 3 N–H and O–H groups in total. The first kappa shape index (κ1) is 16.9. The maximum Gasteiger partial charge on any atom is 0.328 e. The van der Waals surface area contributed by atoms with Crippen molar-refractivity contribution in [3.8, 4) is 0 Å². The largest absolute Gasteiger partial charge is 0.478 e. The molecule has 8 heteroatoms. The molecule has 0 aliphatic carbocycles. The van der Waals surface area contributed by atoms with E-state index in [1.54, 1.807) is 13.0 Å². The summed E-state index contributed by atoms with van der Waals surface area (Å²) in [6.07, 6.45) is 2.19. The van der Waals surface area contributed by atoms with Crippen molar-refractivity contribution in [3.63, 3.8) is 0 Å². The second kappa shape index (κ2) is 7.00. The molecule has 0 spiro atoms. The lowest BCUT2D eigenvalue weighted by molar-refractivity contribution is -0.131. The number of primary amides is 1. The van der Waals surface area contributed by atoms with Gasteiger partial charge in [-0.2, -0.15) is 4.31 Å². The Morgan fingerprint density at radius 3 is 2.57 bits per heavy atom. The van der Waals surface area contributed by atoms with Gasteiger partial charge in [-0.3, -0.25) is 4.79 Å². The fourth-order valence-electron chi connectivity index (χ4n) is 1.64. The highest BCUT2D eigenvalue weighted by molar-refractivity contribution is 7.89. The number of nitrogens with zero attached hydrogens (tertiary/aromatic N) is 1. The zero-order chi connectivity index (χ0) is 16.0. The molecule has 1 aromatic rings. The molecule has 0 aliphatic heterocycles. The number of aliphatic carboxylic acids is 1. The maximum absolute atomic E-state index is 12.4. The number of carbonyl (C=O) groups excluding carboxylic acids is 1. The average Bonchev–Trinajstić information content (AvgIpc) is 2.42. The van der Waals surface area contributed by atoms with Crippen molar-refractivity contribution in [3.05, 3.63) is 35.9 Å². The van der Waals surface area contributed by atoms with E-state index in [4.69, 9.17) is 10.8 Å². The highest BCUT2D eigenvalue weighted by Crippen LogP contribution is 2.17. The van der Waals surface area contributed by atoms with Gasteiger partial charge in [0.1, 0.15) is 0 Å². The highest BCUT2D eigenvalue weighted by Gasteiger charge is 2.24. The highest BCUT2D eigenvalue weighted by atomic mass is 32.2. The summed E-state index contributed by atoms with van der Waals surface area (Å²) in [6.45, 7) is 1.28. The van der Waals surface area contributed by atoms with Crippen molar-refractivity contribution in [1.82, 2.24) is 4.31 Å². The molecule has 0 bridgehead atoms. The number of sulfonamides is 1. The Morgan fingerprint density at radius 2 is 2.05 bits per heavy atom. The van der Waals surface area contributed by atoms with Gasteiger partial charge in [-0.15, -0.1) is 0 Å². The Bertz CT molecular complexity index is 667. The number of amides is 1. The first-order valence-electron chi connectivity index (χ1n) is 6.07. The summed E-state index contributed by atoms with van der Waals surface area (Å²) in [5.41, 5.74) is 5.46. The van der Waals surface area contributed by atoms with Gasteiger partial charge >= 0.3 is 5.97 Å². The van der Waals surface area contributed by atoms with E-state index in [9.17, 15) is 18.0 Å². The molecule has 0 aromatic heterocycles. The fraction of sp³-hybridized carbons (Fsp3) is 0.231. The van der Waals surface area contributed by atoms with E-state index >= 15 is 0 Å². The summed E-state index contributed by atoms with van der Waals surface area (Å²) in [5, 5.41) is 8.56.